The van der Waals surface area contributed by atoms with Gasteiger partial charge in [0.25, 0.3) is 5.91 Å². The number of rotatable bonds is 9. The summed E-state index contributed by atoms with van der Waals surface area (Å²) in [6.07, 6.45) is 1.75. The zero-order chi connectivity index (χ0) is 18.3. The Kier molecular flexibility index (Phi) is 7.03. The second kappa shape index (κ2) is 9.02. The van der Waals surface area contributed by atoms with Crippen molar-refractivity contribution in [2.24, 2.45) is 0 Å². The zero-order valence-electron chi connectivity index (χ0n) is 14.4. The lowest BCUT2D eigenvalue weighted by molar-refractivity contribution is 0.0953. The van der Waals surface area contributed by atoms with E-state index in [4.69, 9.17) is 14.2 Å². The predicted molar refractivity (Wildman–Crippen MR) is 92.6 cm³/mol. The van der Waals surface area contributed by atoms with E-state index in [0.717, 1.165) is 12.8 Å². The molecular weight excluding hydrogens is 348 g/mol. The summed E-state index contributed by atoms with van der Waals surface area (Å²) in [7, 11) is -0.503. The summed E-state index contributed by atoms with van der Waals surface area (Å²) in [4.78, 5) is 12.2. The molecule has 0 radical (unpaired) electrons. The number of hydrogen-bond acceptors (Lipinski definition) is 6. The molecule has 0 bridgehead atoms. The van der Waals surface area contributed by atoms with Crippen LogP contribution in [0.5, 0.6) is 11.5 Å². The van der Waals surface area contributed by atoms with Crippen LogP contribution in [0.4, 0.5) is 0 Å². The van der Waals surface area contributed by atoms with Gasteiger partial charge in [0.2, 0.25) is 10.0 Å². The molecule has 1 atom stereocenters. The summed E-state index contributed by atoms with van der Waals surface area (Å²) in [6.45, 7) is 0.934. The minimum atomic E-state index is -3.47. The molecule has 140 valence electrons. The average molecular weight is 372 g/mol. The molecule has 0 spiro atoms. The lowest BCUT2D eigenvalue weighted by Crippen LogP contribution is -2.37. The Morgan fingerprint density at radius 2 is 2.12 bits per heavy atom. The molecule has 0 saturated carbocycles. The van der Waals surface area contributed by atoms with E-state index in [-0.39, 0.29) is 24.9 Å². The van der Waals surface area contributed by atoms with Crippen LogP contribution in [0.25, 0.3) is 0 Å². The minimum absolute atomic E-state index is 0.00509. The number of nitrogens with one attached hydrogen (secondary N) is 2. The highest BCUT2D eigenvalue weighted by Crippen LogP contribution is 2.24. The highest BCUT2D eigenvalue weighted by atomic mass is 32.2. The third-order valence-corrected chi connectivity index (χ3v) is 5.21. The molecule has 1 aliphatic rings. The second-order valence-electron chi connectivity index (χ2n) is 5.62. The second-order valence-corrected chi connectivity index (χ2v) is 7.55. The van der Waals surface area contributed by atoms with E-state index in [1.807, 2.05) is 0 Å². The van der Waals surface area contributed by atoms with Crippen LogP contribution in [0.1, 0.15) is 23.2 Å². The van der Waals surface area contributed by atoms with Gasteiger partial charge in [-0.05, 0) is 25.0 Å². The van der Waals surface area contributed by atoms with Gasteiger partial charge in [-0.3, -0.25) is 4.79 Å². The number of amides is 1. The number of carbonyl (C=O) groups is 1. The van der Waals surface area contributed by atoms with Crippen LogP contribution >= 0.6 is 0 Å². The molecule has 1 saturated heterocycles. The Bertz CT molecular complexity index is 686. The first-order valence-corrected chi connectivity index (χ1v) is 9.69. The van der Waals surface area contributed by atoms with Gasteiger partial charge in [0.15, 0.2) is 0 Å². The quantitative estimate of drug-likeness (QED) is 0.656. The molecule has 9 heteroatoms. The Morgan fingerprint density at radius 1 is 1.32 bits per heavy atom. The van der Waals surface area contributed by atoms with Crippen molar-refractivity contribution in [2.75, 3.05) is 39.7 Å². The summed E-state index contributed by atoms with van der Waals surface area (Å²) in [5.74, 6) is 0.309. The number of benzene rings is 1. The van der Waals surface area contributed by atoms with E-state index >= 15 is 0 Å². The van der Waals surface area contributed by atoms with Crippen molar-refractivity contribution >= 4 is 15.9 Å². The van der Waals surface area contributed by atoms with E-state index in [0.29, 0.717) is 23.7 Å². The van der Waals surface area contributed by atoms with Crippen molar-refractivity contribution in [1.29, 1.82) is 0 Å². The van der Waals surface area contributed by atoms with Gasteiger partial charge >= 0.3 is 0 Å². The van der Waals surface area contributed by atoms with Crippen molar-refractivity contribution in [3.63, 3.8) is 0 Å². The third kappa shape index (κ3) is 5.87. The van der Waals surface area contributed by atoms with Crippen molar-refractivity contribution in [3.05, 3.63) is 23.8 Å². The first-order chi connectivity index (χ1) is 11.9. The number of methoxy groups -OCH3 is 2. The van der Waals surface area contributed by atoms with Crippen LogP contribution in [0.3, 0.4) is 0 Å². The maximum Gasteiger partial charge on any atom is 0.255 e. The standard InChI is InChI=1S/C16H24N2O6S/c1-22-12-5-6-14(15(10-12)23-2)16(19)17-7-9-25(20,21)18-11-13-4-3-8-24-13/h5-6,10,13,18H,3-4,7-9,11H2,1-2H3,(H,17,19)/t13-/m1/s1. The normalized spacial score (nSPS) is 17.3. The molecule has 1 aromatic rings. The number of sulfonamides is 1. The molecular formula is C16H24N2O6S. The molecule has 0 unspecified atom stereocenters. The van der Waals surface area contributed by atoms with Gasteiger partial charge in [0.1, 0.15) is 11.5 Å². The SMILES string of the molecule is COc1ccc(C(=O)NCCS(=O)(=O)NC[C@H]2CCCO2)c(OC)c1. The Morgan fingerprint density at radius 3 is 2.76 bits per heavy atom. The first-order valence-electron chi connectivity index (χ1n) is 8.04. The van der Waals surface area contributed by atoms with Crippen LogP contribution in [-0.4, -0.2) is 60.1 Å². The fraction of sp³-hybridized carbons (Fsp3) is 0.562. The van der Waals surface area contributed by atoms with Crippen molar-refractivity contribution < 1.29 is 27.4 Å². The van der Waals surface area contributed by atoms with Crippen LogP contribution in [-0.2, 0) is 14.8 Å². The minimum Gasteiger partial charge on any atom is -0.497 e. The molecule has 25 heavy (non-hydrogen) atoms. The number of ether oxygens (including phenoxy) is 3. The monoisotopic (exact) mass is 372 g/mol. The van der Waals surface area contributed by atoms with Crippen LogP contribution in [0.15, 0.2) is 18.2 Å². The third-order valence-electron chi connectivity index (χ3n) is 3.86. The fourth-order valence-electron chi connectivity index (χ4n) is 2.48. The Labute approximate surface area is 147 Å². The lowest BCUT2D eigenvalue weighted by Gasteiger charge is -2.13. The topological polar surface area (TPSA) is 103 Å². The highest BCUT2D eigenvalue weighted by molar-refractivity contribution is 7.89. The van der Waals surface area contributed by atoms with Crippen molar-refractivity contribution in [3.8, 4) is 11.5 Å². The first kappa shape index (κ1) is 19.5. The summed E-state index contributed by atoms with van der Waals surface area (Å²) in [5, 5.41) is 2.59. The van der Waals surface area contributed by atoms with Crippen LogP contribution in [0, 0.1) is 0 Å². The lowest BCUT2D eigenvalue weighted by atomic mass is 10.2. The van der Waals surface area contributed by atoms with Gasteiger partial charge in [-0.1, -0.05) is 0 Å². The molecule has 1 fully saturated rings. The Balaban J connectivity index is 1.83. The van der Waals surface area contributed by atoms with E-state index in [1.54, 1.807) is 18.2 Å². The van der Waals surface area contributed by atoms with Crippen molar-refractivity contribution in [1.82, 2.24) is 10.0 Å². The van der Waals surface area contributed by atoms with Gasteiger partial charge in [-0.2, -0.15) is 0 Å². The molecule has 1 aromatic carbocycles. The predicted octanol–water partition coefficient (Wildman–Crippen LogP) is 0.532. The number of hydrogen-bond donors (Lipinski definition) is 2. The average Bonchev–Trinajstić information content (AvgIpc) is 3.13. The van der Waals surface area contributed by atoms with Gasteiger partial charge in [0.05, 0.1) is 31.6 Å². The van der Waals surface area contributed by atoms with E-state index in [2.05, 4.69) is 10.0 Å². The fourth-order valence-corrected chi connectivity index (χ4v) is 3.43. The summed E-state index contributed by atoms with van der Waals surface area (Å²) in [6, 6.07) is 4.79. The van der Waals surface area contributed by atoms with Gasteiger partial charge in [-0.25, -0.2) is 13.1 Å². The van der Waals surface area contributed by atoms with Crippen LogP contribution < -0.4 is 19.5 Å². The maximum absolute atomic E-state index is 12.2. The van der Waals surface area contributed by atoms with Crippen molar-refractivity contribution in [2.45, 2.75) is 18.9 Å². The highest BCUT2D eigenvalue weighted by Gasteiger charge is 2.19. The Hall–Kier alpha value is -1.84. The zero-order valence-corrected chi connectivity index (χ0v) is 15.2. The van der Waals surface area contributed by atoms with Gasteiger partial charge in [0, 0.05) is 25.8 Å². The maximum atomic E-state index is 12.2. The number of carbonyl (C=O) groups excluding carboxylic acids is 1. The van der Waals surface area contributed by atoms with Gasteiger partial charge in [-0.15, -0.1) is 0 Å². The molecule has 0 aromatic heterocycles. The molecule has 1 aliphatic heterocycles. The largest absolute Gasteiger partial charge is 0.497 e. The van der Waals surface area contributed by atoms with Gasteiger partial charge < -0.3 is 19.5 Å². The van der Waals surface area contributed by atoms with E-state index in [1.165, 1.54) is 14.2 Å². The molecule has 0 aliphatic carbocycles. The molecule has 2 rings (SSSR count). The molecule has 2 N–H and O–H groups in total. The molecule has 1 amide bonds. The molecule has 8 nitrogen and oxygen atoms in total. The smallest absolute Gasteiger partial charge is 0.255 e. The van der Waals surface area contributed by atoms with E-state index < -0.39 is 15.9 Å². The summed E-state index contributed by atoms with van der Waals surface area (Å²) >= 11 is 0. The van der Waals surface area contributed by atoms with E-state index in [9.17, 15) is 13.2 Å². The summed E-state index contributed by atoms with van der Waals surface area (Å²) < 4.78 is 42.0. The molecule has 1 heterocycles. The van der Waals surface area contributed by atoms with Crippen LogP contribution in [0.2, 0.25) is 0 Å². The summed E-state index contributed by atoms with van der Waals surface area (Å²) in [5.41, 5.74) is 0.313.